The van der Waals surface area contributed by atoms with Crippen molar-refractivity contribution in [3.8, 4) is 0 Å². The Morgan fingerprint density at radius 2 is 1.59 bits per heavy atom. The first kappa shape index (κ1) is 19.5. The van der Waals surface area contributed by atoms with Crippen molar-refractivity contribution in [3.63, 3.8) is 0 Å². The van der Waals surface area contributed by atoms with Gasteiger partial charge in [0, 0.05) is 12.0 Å². The van der Waals surface area contributed by atoms with Crippen molar-refractivity contribution < 1.29 is 8.78 Å². The van der Waals surface area contributed by atoms with Crippen molar-refractivity contribution in [2.24, 2.45) is 0 Å². The smallest absolute Gasteiger partial charge is 0.165 e. The molecule has 1 unspecified atom stereocenters. The van der Waals surface area contributed by atoms with Crippen LogP contribution in [0, 0.1) is 5.82 Å². The van der Waals surface area contributed by atoms with Gasteiger partial charge >= 0.3 is 0 Å². The van der Waals surface area contributed by atoms with Gasteiger partial charge in [0.25, 0.3) is 0 Å². The second-order valence-corrected chi connectivity index (χ2v) is 7.38. The van der Waals surface area contributed by atoms with Crippen LogP contribution in [0.5, 0.6) is 0 Å². The van der Waals surface area contributed by atoms with Gasteiger partial charge in [-0.1, -0.05) is 87.2 Å². The summed E-state index contributed by atoms with van der Waals surface area (Å²) in [4.78, 5) is 0. The Bertz CT molecular complexity index is 784. The molecule has 0 aliphatic heterocycles. The van der Waals surface area contributed by atoms with E-state index in [4.69, 9.17) is 0 Å². The van der Waals surface area contributed by atoms with E-state index in [1.54, 1.807) is 18.2 Å². The van der Waals surface area contributed by atoms with Gasteiger partial charge in [-0.25, -0.2) is 8.78 Å². The summed E-state index contributed by atoms with van der Waals surface area (Å²) in [6.45, 7) is 2.22. The number of rotatable bonds is 8. The lowest BCUT2D eigenvalue weighted by Gasteiger charge is -2.30. The van der Waals surface area contributed by atoms with Gasteiger partial charge in [-0.3, -0.25) is 0 Å². The maximum atomic E-state index is 16.1. The highest BCUT2D eigenvalue weighted by atomic mass is 19.1. The number of aryl methyl sites for hydroxylation is 1. The summed E-state index contributed by atoms with van der Waals surface area (Å²) in [5.74, 6) is -0.307. The van der Waals surface area contributed by atoms with Gasteiger partial charge in [-0.15, -0.1) is 0 Å². The standard InChI is InChI=1S/C25H28F2/c1-2-3-4-5-6-9-20-11-15-22(16-12-20)25(27)19-8-7-10-24(25)21-13-17-23(26)18-14-21/h7-8,10-18H,2-6,9,19H2,1H3. The van der Waals surface area contributed by atoms with Gasteiger partial charge in [0.2, 0.25) is 0 Å². The van der Waals surface area contributed by atoms with Gasteiger partial charge in [-0.2, -0.15) is 0 Å². The average molecular weight is 366 g/mol. The lowest BCUT2D eigenvalue weighted by molar-refractivity contribution is 0.249. The van der Waals surface area contributed by atoms with Crippen molar-refractivity contribution in [1.82, 2.24) is 0 Å². The summed E-state index contributed by atoms with van der Waals surface area (Å²) in [6, 6.07) is 14.0. The topological polar surface area (TPSA) is 0 Å². The molecule has 142 valence electrons. The molecule has 2 aromatic rings. The van der Waals surface area contributed by atoms with E-state index in [1.807, 2.05) is 24.3 Å². The average Bonchev–Trinajstić information content (AvgIpc) is 2.69. The van der Waals surface area contributed by atoms with Crippen molar-refractivity contribution in [1.29, 1.82) is 0 Å². The third-order valence-corrected chi connectivity index (χ3v) is 5.36. The van der Waals surface area contributed by atoms with E-state index in [1.165, 1.54) is 49.8 Å². The summed E-state index contributed by atoms with van der Waals surface area (Å²) in [5, 5.41) is 0. The predicted molar refractivity (Wildman–Crippen MR) is 110 cm³/mol. The predicted octanol–water partition coefficient (Wildman–Crippen LogP) is 7.55. The summed E-state index contributed by atoms with van der Waals surface area (Å²) >= 11 is 0. The van der Waals surface area contributed by atoms with Crippen LogP contribution in [0.15, 0.2) is 66.8 Å². The molecule has 0 saturated carbocycles. The molecule has 0 aromatic heterocycles. The van der Waals surface area contributed by atoms with Crippen molar-refractivity contribution in [2.45, 2.75) is 57.5 Å². The number of benzene rings is 2. The van der Waals surface area contributed by atoms with E-state index in [0.717, 1.165) is 12.0 Å². The van der Waals surface area contributed by atoms with E-state index in [9.17, 15) is 4.39 Å². The lowest BCUT2D eigenvalue weighted by Crippen LogP contribution is -2.23. The fraction of sp³-hybridized carbons (Fsp3) is 0.360. The molecule has 0 fully saturated rings. The quantitative estimate of drug-likeness (QED) is 0.423. The largest absolute Gasteiger partial charge is 0.233 e. The third kappa shape index (κ3) is 4.74. The molecule has 1 aliphatic rings. The minimum atomic E-state index is -1.58. The Morgan fingerprint density at radius 1 is 0.889 bits per heavy atom. The minimum Gasteiger partial charge on any atom is -0.233 e. The summed E-state index contributed by atoms with van der Waals surface area (Å²) in [6.07, 6.45) is 13.2. The van der Waals surface area contributed by atoms with Crippen molar-refractivity contribution >= 4 is 5.57 Å². The molecule has 27 heavy (non-hydrogen) atoms. The number of unbranched alkanes of at least 4 members (excludes halogenated alkanes) is 4. The molecule has 2 aromatic carbocycles. The van der Waals surface area contributed by atoms with E-state index in [2.05, 4.69) is 19.1 Å². The highest BCUT2D eigenvalue weighted by Gasteiger charge is 2.37. The fourth-order valence-corrected chi connectivity index (χ4v) is 3.73. The molecule has 0 heterocycles. The molecule has 0 spiro atoms. The van der Waals surface area contributed by atoms with E-state index in [0.29, 0.717) is 17.6 Å². The normalized spacial score (nSPS) is 19.1. The van der Waals surface area contributed by atoms with Gasteiger partial charge in [-0.05, 0) is 41.7 Å². The highest BCUT2D eigenvalue weighted by molar-refractivity contribution is 5.76. The second kappa shape index (κ2) is 9.12. The van der Waals surface area contributed by atoms with Crippen molar-refractivity contribution in [2.75, 3.05) is 0 Å². The van der Waals surface area contributed by atoms with Crippen LogP contribution >= 0.6 is 0 Å². The maximum absolute atomic E-state index is 16.1. The Morgan fingerprint density at radius 3 is 2.30 bits per heavy atom. The van der Waals surface area contributed by atoms with Gasteiger partial charge in [0.1, 0.15) is 5.82 Å². The second-order valence-electron chi connectivity index (χ2n) is 7.38. The molecule has 0 saturated heterocycles. The number of allylic oxidation sites excluding steroid dienone is 4. The summed E-state index contributed by atoms with van der Waals surface area (Å²) in [7, 11) is 0. The first-order valence-corrected chi connectivity index (χ1v) is 10.0. The zero-order valence-corrected chi connectivity index (χ0v) is 16.1. The van der Waals surface area contributed by atoms with Crippen LogP contribution in [-0.4, -0.2) is 0 Å². The highest BCUT2D eigenvalue weighted by Crippen LogP contribution is 2.45. The Labute approximate surface area is 161 Å². The molecule has 3 rings (SSSR count). The Hall–Kier alpha value is -2.22. The first-order valence-electron chi connectivity index (χ1n) is 10.0. The zero-order valence-electron chi connectivity index (χ0n) is 16.1. The van der Waals surface area contributed by atoms with Crippen LogP contribution in [0.25, 0.3) is 5.57 Å². The van der Waals surface area contributed by atoms with E-state index < -0.39 is 5.67 Å². The number of hydrogen-bond acceptors (Lipinski definition) is 0. The molecule has 0 N–H and O–H groups in total. The van der Waals surface area contributed by atoms with Crippen molar-refractivity contribution in [3.05, 3.63) is 89.3 Å². The summed E-state index contributed by atoms with van der Waals surface area (Å²) in [5.41, 5.74) is 1.67. The fourth-order valence-electron chi connectivity index (χ4n) is 3.73. The Kier molecular flexibility index (Phi) is 6.60. The van der Waals surface area contributed by atoms with Gasteiger partial charge in [0.15, 0.2) is 5.67 Å². The number of halogens is 2. The van der Waals surface area contributed by atoms with Crippen LogP contribution in [0.3, 0.4) is 0 Å². The van der Waals surface area contributed by atoms with Gasteiger partial charge in [0.05, 0.1) is 0 Å². The van der Waals surface area contributed by atoms with Crippen LogP contribution in [0.4, 0.5) is 8.78 Å². The van der Waals surface area contributed by atoms with Crippen LogP contribution in [0.2, 0.25) is 0 Å². The van der Waals surface area contributed by atoms with E-state index >= 15 is 4.39 Å². The zero-order chi connectivity index (χ0) is 19.1. The number of alkyl halides is 1. The molecule has 1 aliphatic carbocycles. The lowest BCUT2D eigenvalue weighted by atomic mass is 9.79. The molecule has 0 bridgehead atoms. The van der Waals surface area contributed by atoms with Gasteiger partial charge < -0.3 is 0 Å². The van der Waals surface area contributed by atoms with Crippen LogP contribution < -0.4 is 0 Å². The Balaban J connectivity index is 1.74. The first-order chi connectivity index (χ1) is 13.1. The molecular weight excluding hydrogens is 338 g/mol. The number of hydrogen-bond donors (Lipinski definition) is 0. The monoisotopic (exact) mass is 366 g/mol. The molecule has 0 amide bonds. The summed E-state index contributed by atoms with van der Waals surface area (Å²) < 4.78 is 29.3. The SMILES string of the molecule is CCCCCCCc1ccc(C2(F)CC=CC=C2c2ccc(F)cc2)cc1. The third-order valence-electron chi connectivity index (χ3n) is 5.36. The molecular formula is C25H28F2. The van der Waals surface area contributed by atoms with Crippen LogP contribution in [-0.2, 0) is 12.1 Å². The van der Waals surface area contributed by atoms with Crippen LogP contribution in [0.1, 0.15) is 62.1 Å². The molecule has 1 atom stereocenters. The maximum Gasteiger partial charge on any atom is 0.165 e. The molecule has 0 radical (unpaired) electrons. The minimum absolute atomic E-state index is 0.298. The molecule has 2 heteroatoms. The van der Waals surface area contributed by atoms with E-state index in [-0.39, 0.29) is 5.82 Å². The molecule has 0 nitrogen and oxygen atoms in total.